The number of ether oxygens (including phenoxy) is 2. The molecule has 0 spiro atoms. The van der Waals surface area contributed by atoms with Crippen LogP contribution in [0.4, 0.5) is 0 Å². The number of hydrogen-bond acceptors (Lipinski definition) is 6. The van der Waals surface area contributed by atoms with Gasteiger partial charge in [0.05, 0.1) is 6.07 Å². The van der Waals surface area contributed by atoms with Gasteiger partial charge in [0.2, 0.25) is 21.6 Å². The molecule has 1 aromatic rings. The van der Waals surface area contributed by atoms with Crippen LogP contribution in [0.1, 0.15) is 0 Å². The Labute approximate surface area is 102 Å². The standard InChI is InChI=1S/C7H8Cl2N2O4S/c1-16(12,13)7-10-5(14-3-8)2-6(11-7)15-4-9/h2H,3-4H2,1H3. The Hall–Kier alpha value is -0.790. The highest BCUT2D eigenvalue weighted by Crippen LogP contribution is 2.18. The van der Waals surface area contributed by atoms with Gasteiger partial charge in [-0.05, 0) is 0 Å². The second kappa shape index (κ2) is 5.51. The number of rotatable bonds is 5. The highest BCUT2D eigenvalue weighted by Gasteiger charge is 2.15. The van der Waals surface area contributed by atoms with Crippen LogP contribution in [0.25, 0.3) is 0 Å². The van der Waals surface area contributed by atoms with E-state index >= 15 is 0 Å². The monoisotopic (exact) mass is 286 g/mol. The lowest BCUT2D eigenvalue weighted by Crippen LogP contribution is -2.07. The van der Waals surface area contributed by atoms with Gasteiger partial charge >= 0.3 is 0 Å². The molecule has 1 aromatic heterocycles. The minimum atomic E-state index is -3.55. The van der Waals surface area contributed by atoms with Crippen molar-refractivity contribution in [2.75, 3.05) is 18.4 Å². The predicted octanol–water partition coefficient (Wildman–Crippen LogP) is 1.03. The quantitative estimate of drug-likeness (QED) is 0.594. The lowest BCUT2D eigenvalue weighted by molar-refractivity contribution is 0.340. The molecule has 6 nitrogen and oxygen atoms in total. The van der Waals surface area contributed by atoms with E-state index < -0.39 is 15.0 Å². The van der Waals surface area contributed by atoms with Crippen LogP contribution in [-0.2, 0) is 9.84 Å². The third-order valence-corrected chi connectivity index (χ3v) is 2.46. The number of nitrogens with zero attached hydrogens (tertiary/aromatic N) is 2. The van der Waals surface area contributed by atoms with E-state index in [-0.39, 0.29) is 23.9 Å². The van der Waals surface area contributed by atoms with Gasteiger partial charge in [0, 0.05) is 6.26 Å². The normalized spacial score (nSPS) is 11.2. The zero-order valence-electron chi connectivity index (χ0n) is 8.18. The Morgan fingerprint density at radius 3 is 1.94 bits per heavy atom. The number of aromatic nitrogens is 2. The highest BCUT2D eigenvalue weighted by molar-refractivity contribution is 7.90. The van der Waals surface area contributed by atoms with Gasteiger partial charge in [0.15, 0.2) is 12.1 Å². The smallest absolute Gasteiger partial charge is 0.253 e. The molecular formula is C7H8Cl2N2O4S. The van der Waals surface area contributed by atoms with Crippen LogP contribution in [0.5, 0.6) is 11.8 Å². The first-order valence-corrected chi connectivity index (χ1v) is 6.90. The number of halogens is 2. The van der Waals surface area contributed by atoms with Crippen LogP contribution < -0.4 is 9.47 Å². The van der Waals surface area contributed by atoms with E-state index in [1.165, 1.54) is 6.07 Å². The second-order valence-electron chi connectivity index (χ2n) is 2.61. The van der Waals surface area contributed by atoms with Crippen molar-refractivity contribution >= 4 is 33.0 Å². The Morgan fingerprint density at radius 2 is 1.62 bits per heavy atom. The van der Waals surface area contributed by atoms with Crippen LogP contribution >= 0.6 is 23.2 Å². The molecule has 0 fully saturated rings. The number of hydrogen-bond donors (Lipinski definition) is 0. The molecule has 16 heavy (non-hydrogen) atoms. The third-order valence-electron chi connectivity index (χ3n) is 1.40. The molecule has 0 unspecified atom stereocenters. The zero-order chi connectivity index (χ0) is 12.2. The fraction of sp³-hybridized carbons (Fsp3) is 0.429. The molecule has 0 aliphatic rings. The van der Waals surface area contributed by atoms with E-state index in [0.717, 1.165) is 6.26 Å². The average Bonchev–Trinajstić information content (AvgIpc) is 2.17. The van der Waals surface area contributed by atoms with E-state index in [0.29, 0.717) is 0 Å². The van der Waals surface area contributed by atoms with E-state index in [9.17, 15) is 8.42 Å². The van der Waals surface area contributed by atoms with Gasteiger partial charge < -0.3 is 9.47 Å². The first-order valence-electron chi connectivity index (χ1n) is 3.94. The highest BCUT2D eigenvalue weighted by atomic mass is 35.5. The molecule has 0 N–H and O–H groups in total. The van der Waals surface area contributed by atoms with Crippen molar-refractivity contribution in [1.29, 1.82) is 0 Å². The summed E-state index contributed by atoms with van der Waals surface area (Å²) in [4.78, 5) is 7.30. The molecule has 0 atom stereocenters. The molecule has 1 heterocycles. The lowest BCUT2D eigenvalue weighted by Gasteiger charge is -2.06. The molecule has 1 rings (SSSR count). The minimum Gasteiger partial charge on any atom is -0.461 e. The summed E-state index contributed by atoms with van der Waals surface area (Å²) in [5.74, 6) is 0.0103. The number of alkyl halides is 2. The summed E-state index contributed by atoms with van der Waals surface area (Å²) in [6.07, 6.45) is 0.970. The maximum Gasteiger partial charge on any atom is 0.253 e. The maximum absolute atomic E-state index is 11.2. The van der Waals surface area contributed by atoms with E-state index in [1.807, 2.05) is 0 Å². The Balaban J connectivity index is 3.18. The largest absolute Gasteiger partial charge is 0.461 e. The van der Waals surface area contributed by atoms with Crippen molar-refractivity contribution in [1.82, 2.24) is 9.97 Å². The molecule has 90 valence electrons. The molecule has 0 aliphatic heterocycles. The van der Waals surface area contributed by atoms with Crippen molar-refractivity contribution in [3.63, 3.8) is 0 Å². The molecular weight excluding hydrogens is 279 g/mol. The summed E-state index contributed by atoms with van der Waals surface area (Å²) >= 11 is 10.7. The summed E-state index contributed by atoms with van der Waals surface area (Å²) < 4.78 is 32.2. The van der Waals surface area contributed by atoms with Crippen LogP contribution in [0.2, 0.25) is 0 Å². The van der Waals surface area contributed by atoms with Gasteiger partial charge in [-0.1, -0.05) is 23.2 Å². The first kappa shape index (κ1) is 13.3. The van der Waals surface area contributed by atoms with Gasteiger partial charge in [-0.3, -0.25) is 0 Å². The fourth-order valence-electron chi connectivity index (χ4n) is 0.809. The van der Waals surface area contributed by atoms with Gasteiger partial charge in [0.1, 0.15) is 0 Å². The average molecular weight is 287 g/mol. The maximum atomic E-state index is 11.2. The Kier molecular flexibility index (Phi) is 4.57. The van der Waals surface area contributed by atoms with Crippen molar-refractivity contribution in [3.8, 4) is 11.8 Å². The SMILES string of the molecule is CS(=O)(=O)c1nc(OCCl)cc(OCCl)n1. The van der Waals surface area contributed by atoms with Crippen LogP contribution in [-0.4, -0.2) is 36.8 Å². The van der Waals surface area contributed by atoms with Crippen molar-refractivity contribution < 1.29 is 17.9 Å². The molecule has 0 bridgehead atoms. The first-order chi connectivity index (χ1) is 7.47. The van der Waals surface area contributed by atoms with Gasteiger partial charge in [-0.15, -0.1) is 0 Å². The summed E-state index contributed by atoms with van der Waals surface area (Å²) in [6, 6.07) is 0.959. The Morgan fingerprint density at radius 1 is 1.19 bits per heavy atom. The van der Waals surface area contributed by atoms with Crippen molar-refractivity contribution in [3.05, 3.63) is 6.07 Å². The van der Waals surface area contributed by atoms with E-state index in [1.54, 1.807) is 0 Å². The summed E-state index contributed by atoms with van der Waals surface area (Å²) in [6.45, 7) is 0. The molecule has 0 saturated carbocycles. The van der Waals surface area contributed by atoms with E-state index in [2.05, 4.69) is 9.97 Å². The van der Waals surface area contributed by atoms with Crippen LogP contribution in [0.3, 0.4) is 0 Å². The van der Waals surface area contributed by atoms with Gasteiger partial charge in [0.25, 0.3) is 5.16 Å². The second-order valence-corrected chi connectivity index (χ2v) is 4.95. The molecule has 0 saturated heterocycles. The van der Waals surface area contributed by atoms with Crippen LogP contribution in [0, 0.1) is 0 Å². The number of sulfone groups is 1. The molecule has 0 amide bonds. The summed E-state index contributed by atoms with van der Waals surface area (Å²) in [7, 11) is -3.55. The molecule has 9 heteroatoms. The van der Waals surface area contributed by atoms with Crippen LogP contribution in [0.15, 0.2) is 11.2 Å². The van der Waals surface area contributed by atoms with E-state index in [4.69, 9.17) is 32.7 Å². The molecule has 0 aliphatic carbocycles. The lowest BCUT2D eigenvalue weighted by atomic mass is 10.6. The zero-order valence-corrected chi connectivity index (χ0v) is 10.5. The van der Waals surface area contributed by atoms with Crippen molar-refractivity contribution in [2.45, 2.75) is 5.16 Å². The summed E-state index contributed by atoms with van der Waals surface area (Å²) in [5.41, 5.74) is 0. The predicted molar refractivity (Wildman–Crippen MR) is 57.8 cm³/mol. The molecule has 0 aromatic carbocycles. The van der Waals surface area contributed by atoms with Crippen molar-refractivity contribution in [2.24, 2.45) is 0 Å². The fourth-order valence-corrected chi connectivity index (χ4v) is 1.54. The topological polar surface area (TPSA) is 78.4 Å². The Bertz CT molecular complexity index is 441. The summed E-state index contributed by atoms with van der Waals surface area (Å²) in [5, 5.41) is -0.407. The molecule has 0 radical (unpaired) electrons. The third kappa shape index (κ3) is 3.66. The van der Waals surface area contributed by atoms with Gasteiger partial charge in [-0.25, -0.2) is 8.42 Å². The minimum absolute atomic E-state index is 0.00513. The van der Waals surface area contributed by atoms with Gasteiger partial charge in [-0.2, -0.15) is 9.97 Å².